The highest BCUT2D eigenvalue weighted by Gasteiger charge is 2.25. The van der Waals surface area contributed by atoms with Crippen LogP contribution in [0.1, 0.15) is 25.7 Å². The lowest BCUT2D eigenvalue weighted by Crippen LogP contribution is -2.46. The lowest BCUT2D eigenvalue weighted by molar-refractivity contribution is -0.122. The van der Waals surface area contributed by atoms with Crippen molar-refractivity contribution in [3.63, 3.8) is 0 Å². The summed E-state index contributed by atoms with van der Waals surface area (Å²) in [5.41, 5.74) is 0. The standard InChI is InChI=1S/C16H24N2O4S/c1-23(20,21)18-11-9-14(10-12-18)17-16(19)8-5-13-22-15-6-3-2-4-7-15/h2-4,6-7,14H,5,8-13H2,1H3,(H,17,19). The van der Waals surface area contributed by atoms with E-state index in [0.717, 1.165) is 5.75 Å². The summed E-state index contributed by atoms with van der Waals surface area (Å²) in [6.07, 6.45) is 3.62. The maximum atomic E-state index is 11.9. The number of amides is 1. The zero-order chi connectivity index (χ0) is 16.7. The quantitative estimate of drug-likeness (QED) is 0.761. The minimum Gasteiger partial charge on any atom is -0.494 e. The zero-order valence-electron chi connectivity index (χ0n) is 13.4. The first-order chi connectivity index (χ1) is 10.9. The van der Waals surface area contributed by atoms with E-state index in [1.807, 2.05) is 30.3 Å². The van der Waals surface area contributed by atoms with E-state index in [2.05, 4.69) is 5.32 Å². The number of hydrogen-bond acceptors (Lipinski definition) is 4. The Morgan fingerprint density at radius 2 is 1.91 bits per heavy atom. The molecular weight excluding hydrogens is 316 g/mol. The molecule has 0 spiro atoms. The fraction of sp³-hybridized carbons (Fsp3) is 0.562. The highest BCUT2D eigenvalue weighted by atomic mass is 32.2. The molecular formula is C16H24N2O4S. The van der Waals surface area contributed by atoms with Gasteiger partial charge in [-0.15, -0.1) is 0 Å². The Morgan fingerprint density at radius 3 is 2.52 bits per heavy atom. The Bertz CT molecular complexity index is 596. The summed E-state index contributed by atoms with van der Waals surface area (Å²) < 4.78 is 29.9. The molecule has 1 aliphatic rings. The SMILES string of the molecule is CS(=O)(=O)N1CCC(NC(=O)CCCOc2ccccc2)CC1. The van der Waals surface area contributed by atoms with E-state index in [1.54, 1.807) is 0 Å². The number of carbonyl (C=O) groups excluding carboxylic acids is 1. The van der Waals surface area contributed by atoms with E-state index < -0.39 is 10.0 Å². The number of para-hydroxylation sites is 1. The third kappa shape index (κ3) is 6.19. The molecule has 0 aromatic heterocycles. The predicted molar refractivity (Wildman–Crippen MR) is 88.8 cm³/mol. The number of carbonyl (C=O) groups is 1. The van der Waals surface area contributed by atoms with Crippen LogP contribution in [0.25, 0.3) is 0 Å². The van der Waals surface area contributed by atoms with Gasteiger partial charge in [0.05, 0.1) is 12.9 Å². The van der Waals surface area contributed by atoms with Crippen LogP contribution in [0.15, 0.2) is 30.3 Å². The second-order valence-electron chi connectivity index (χ2n) is 5.77. The first-order valence-electron chi connectivity index (χ1n) is 7.87. The van der Waals surface area contributed by atoms with Gasteiger partial charge in [-0.1, -0.05) is 18.2 Å². The van der Waals surface area contributed by atoms with E-state index in [-0.39, 0.29) is 11.9 Å². The number of nitrogens with one attached hydrogen (secondary N) is 1. The maximum Gasteiger partial charge on any atom is 0.220 e. The van der Waals surface area contributed by atoms with Crippen molar-refractivity contribution in [3.05, 3.63) is 30.3 Å². The molecule has 23 heavy (non-hydrogen) atoms. The highest BCUT2D eigenvalue weighted by molar-refractivity contribution is 7.88. The number of nitrogens with zero attached hydrogens (tertiary/aromatic N) is 1. The minimum atomic E-state index is -3.12. The average molecular weight is 340 g/mol. The average Bonchev–Trinajstić information content (AvgIpc) is 2.52. The van der Waals surface area contributed by atoms with Gasteiger partial charge in [-0.2, -0.15) is 0 Å². The molecule has 0 saturated carbocycles. The molecule has 1 aromatic rings. The van der Waals surface area contributed by atoms with Crippen molar-refractivity contribution in [2.75, 3.05) is 26.0 Å². The Labute approximate surface area is 137 Å². The van der Waals surface area contributed by atoms with Crippen molar-refractivity contribution >= 4 is 15.9 Å². The van der Waals surface area contributed by atoms with Crippen LogP contribution in [0.5, 0.6) is 5.75 Å². The summed E-state index contributed by atoms with van der Waals surface area (Å²) in [5.74, 6) is 0.806. The number of hydrogen-bond donors (Lipinski definition) is 1. The van der Waals surface area contributed by atoms with Crippen molar-refractivity contribution in [2.45, 2.75) is 31.7 Å². The molecule has 0 radical (unpaired) electrons. The van der Waals surface area contributed by atoms with Crippen LogP contribution < -0.4 is 10.1 Å². The van der Waals surface area contributed by atoms with Crippen molar-refractivity contribution in [1.82, 2.24) is 9.62 Å². The molecule has 1 N–H and O–H groups in total. The Balaban J connectivity index is 1.60. The van der Waals surface area contributed by atoms with Gasteiger partial charge in [0.15, 0.2) is 0 Å². The smallest absolute Gasteiger partial charge is 0.220 e. The van der Waals surface area contributed by atoms with Crippen LogP contribution in [0.2, 0.25) is 0 Å². The third-order valence-electron chi connectivity index (χ3n) is 3.85. The van der Waals surface area contributed by atoms with E-state index >= 15 is 0 Å². The molecule has 1 fully saturated rings. The Morgan fingerprint density at radius 1 is 1.26 bits per heavy atom. The van der Waals surface area contributed by atoms with Gasteiger partial charge >= 0.3 is 0 Å². The molecule has 6 nitrogen and oxygen atoms in total. The molecule has 7 heteroatoms. The van der Waals surface area contributed by atoms with Crippen LogP contribution in [0.3, 0.4) is 0 Å². The van der Waals surface area contributed by atoms with Crippen LogP contribution in [-0.2, 0) is 14.8 Å². The summed E-state index contributed by atoms with van der Waals surface area (Å²) in [6, 6.07) is 9.58. The first kappa shape index (κ1) is 17.7. The molecule has 1 heterocycles. The maximum absolute atomic E-state index is 11.9. The summed E-state index contributed by atoms with van der Waals surface area (Å²) in [5, 5.41) is 2.97. The van der Waals surface area contributed by atoms with Crippen molar-refractivity contribution in [1.29, 1.82) is 0 Å². The molecule has 128 valence electrons. The van der Waals surface area contributed by atoms with Gasteiger partial charge in [-0.05, 0) is 31.4 Å². The summed E-state index contributed by atoms with van der Waals surface area (Å²) in [6.45, 7) is 1.45. The molecule has 1 amide bonds. The van der Waals surface area contributed by atoms with E-state index in [1.165, 1.54) is 10.6 Å². The van der Waals surface area contributed by atoms with Gasteiger partial charge in [-0.3, -0.25) is 4.79 Å². The molecule has 0 bridgehead atoms. The summed E-state index contributed by atoms with van der Waals surface area (Å²) >= 11 is 0. The summed E-state index contributed by atoms with van der Waals surface area (Å²) in [4.78, 5) is 11.9. The highest BCUT2D eigenvalue weighted by Crippen LogP contribution is 2.13. The van der Waals surface area contributed by atoms with E-state index in [4.69, 9.17) is 4.74 Å². The molecule has 0 unspecified atom stereocenters. The molecule has 0 atom stereocenters. The zero-order valence-corrected chi connectivity index (χ0v) is 14.2. The number of rotatable bonds is 7. The summed E-state index contributed by atoms with van der Waals surface area (Å²) in [7, 11) is -3.12. The van der Waals surface area contributed by atoms with E-state index in [0.29, 0.717) is 45.4 Å². The second kappa shape index (κ2) is 8.31. The third-order valence-corrected chi connectivity index (χ3v) is 5.15. The number of benzene rings is 1. The van der Waals surface area contributed by atoms with Gasteiger partial charge in [0.1, 0.15) is 5.75 Å². The van der Waals surface area contributed by atoms with E-state index in [9.17, 15) is 13.2 Å². The molecule has 0 aliphatic carbocycles. The topological polar surface area (TPSA) is 75.7 Å². The fourth-order valence-corrected chi connectivity index (χ4v) is 3.45. The molecule has 1 aliphatic heterocycles. The monoisotopic (exact) mass is 340 g/mol. The van der Waals surface area contributed by atoms with Gasteiger partial charge in [0.2, 0.25) is 15.9 Å². The normalized spacial score (nSPS) is 16.9. The van der Waals surface area contributed by atoms with Crippen LogP contribution in [0, 0.1) is 0 Å². The van der Waals surface area contributed by atoms with Gasteiger partial charge in [0.25, 0.3) is 0 Å². The van der Waals surface area contributed by atoms with Crippen molar-refractivity contribution in [2.24, 2.45) is 0 Å². The Kier molecular flexibility index (Phi) is 6.41. The second-order valence-corrected chi connectivity index (χ2v) is 7.75. The van der Waals surface area contributed by atoms with Crippen LogP contribution >= 0.6 is 0 Å². The number of piperidine rings is 1. The largest absolute Gasteiger partial charge is 0.494 e. The van der Waals surface area contributed by atoms with Gasteiger partial charge in [0, 0.05) is 25.6 Å². The lowest BCUT2D eigenvalue weighted by Gasteiger charge is -2.30. The molecule has 1 saturated heterocycles. The lowest BCUT2D eigenvalue weighted by atomic mass is 10.1. The van der Waals surface area contributed by atoms with Crippen LogP contribution in [0.4, 0.5) is 0 Å². The number of sulfonamides is 1. The van der Waals surface area contributed by atoms with Gasteiger partial charge < -0.3 is 10.1 Å². The predicted octanol–water partition coefficient (Wildman–Crippen LogP) is 1.39. The fourth-order valence-electron chi connectivity index (χ4n) is 2.57. The van der Waals surface area contributed by atoms with Crippen molar-refractivity contribution in [3.8, 4) is 5.75 Å². The first-order valence-corrected chi connectivity index (χ1v) is 9.72. The van der Waals surface area contributed by atoms with Gasteiger partial charge in [-0.25, -0.2) is 12.7 Å². The Hall–Kier alpha value is -1.60. The van der Waals surface area contributed by atoms with Crippen molar-refractivity contribution < 1.29 is 17.9 Å². The molecule has 1 aromatic carbocycles. The van der Waals surface area contributed by atoms with Crippen LogP contribution in [-0.4, -0.2) is 50.6 Å². The number of ether oxygens (including phenoxy) is 1. The minimum absolute atomic E-state index is 0.000493. The molecule has 2 rings (SSSR count).